The number of amides is 3. The zero-order chi connectivity index (χ0) is 14.9. The summed E-state index contributed by atoms with van der Waals surface area (Å²) >= 11 is 0. The van der Waals surface area contributed by atoms with E-state index in [1.807, 2.05) is 12.1 Å². The maximum Gasteiger partial charge on any atom is 0.329 e. The molecular weight excluding hydrogens is 266 g/mol. The summed E-state index contributed by atoms with van der Waals surface area (Å²) in [5.74, 6) is -0.110. The number of nitrogens with zero attached hydrogens (tertiary/aromatic N) is 1. The van der Waals surface area contributed by atoms with Crippen LogP contribution in [-0.4, -0.2) is 17.5 Å². The van der Waals surface area contributed by atoms with Crippen molar-refractivity contribution in [3.8, 4) is 0 Å². The normalized spacial score (nSPS) is 21.5. The second-order valence-electron chi connectivity index (χ2n) is 6.05. The van der Waals surface area contributed by atoms with Gasteiger partial charge in [-0.3, -0.25) is 4.79 Å². The van der Waals surface area contributed by atoms with E-state index < -0.39 is 0 Å². The Kier molecular flexibility index (Phi) is 3.68. The quantitative estimate of drug-likeness (QED) is 0.876. The Morgan fingerprint density at radius 3 is 2.33 bits per heavy atom. The maximum absolute atomic E-state index is 12.5. The van der Waals surface area contributed by atoms with Gasteiger partial charge < -0.3 is 11.1 Å². The second-order valence-corrected chi connectivity index (χ2v) is 6.05. The van der Waals surface area contributed by atoms with Crippen LogP contribution in [0.1, 0.15) is 44.1 Å². The fourth-order valence-electron chi connectivity index (χ4n) is 3.38. The molecule has 3 rings (SSSR count). The molecule has 3 N–H and O–H groups in total. The lowest BCUT2D eigenvalue weighted by molar-refractivity contribution is -0.120. The predicted molar refractivity (Wildman–Crippen MR) is 80.8 cm³/mol. The highest BCUT2D eigenvalue weighted by molar-refractivity contribution is 6.16. The molecule has 0 aromatic heterocycles. The SMILES string of the molecule is NCc1ccc(N2C(=O)CC3(CCCCC3)NC2=O)cc1. The lowest BCUT2D eigenvalue weighted by Gasteiger charge is -2.43. The molecule has 2 fully saturated rings. The first-order valence-corrected chi connectivity index (χ1v) is 7.58. The molecule has 2 aliphatic rings. The van der Waals surface area contributed by atoms with Crippen LogP contribution >= 0.6 is 0 Å². The van der Waals surface area contributed by atoms with Gasteiger partial charge in [-0.15, -0.1) is 0 Å². The van der Waals surface area contributed by atoms with E-state index in [1.54, 1.807) is 12.1 Å². The number of benzene rings is 1. The third kappa shape index (κ3) is 2.65. The summed E-state index contributed by atoms with van der Waals surface area (Å²) in [5, 5.41) is 3.08. The molecule has 1 aromatic rings. The zero-order valence-electron chi connectivity index (χ0n) is 12.1. The number of carbonyl (C=O) groups excluding carboxylic acids is 2. The van der Waals surface area contributed by atoms with Crippen molar-refractivity contribution in [1.82, 2.24) is 5.32 Å². The molecule has 1 aromatic carbocycles. The van der Waals surface area contributed by atoms with Gasteiger partial charge in [-0.25, -0.2) is 9.69 Å². The Bertz CT molecular complexity index is 527. The maximum atomic E-state index is 12.5. The molecule has 3 amide bonds. The fourth-order valence-corrected chi connectivity index (χ4v) is 3.38. The number of nitrogens with one attached hydrogen (secondary N) is 1. The van der Waals surface area contributed by atoms with Crippen LogP contribution in [0, 0.1) is 0 Å². The minimum absolute atomic E-state index is 0.110. The average molecular weight is 287 g/mol. The van der Waals surface area contributed by atoms with Gasteiger partial charge in [-0.2, -0.15) is 0 Å². The highest BCUT2D eigenvalue weighted by Crippen LogP contribution is 2.35. The largest absolute Gasteiger partial charge is 0.331 e. The summed E-state index contributed by atoms with van der Waals surface area (Å²) < 4.78 is 0. The Labute approximate surface area is 124 Å². The Balaban J connectivity index is 1.81. The molecule has 0 unspecified atom stereocenters. The van der Waals surface area contributed by atoms with Crippen molar-refractivity contribution in [2.24, 2.45) is 5.73 Å². The first-order chi connectivity index (χ1) is 10.1. The van der Waals surface area contributed by atoms with Crippen LogP contribution in [0.25, 0.3) is 0 Å². The van der Waals surface area contributed by atoms with Crippen LogP contribution < -0.4 is 16.0 Å². The van der Waals surface area contributed by atoms with Gasteiger partial charge in [0.1, 0.15) is 0 Å². The number of imide groups is 1. The monoisotopic (exact) mass is 287 g/mol. The first-order valence-electron chi connectivity index (χ1n) is 7.58. The summed E-state index contributed by atoms with van der Waals surface area (Å²) in [6.45, 7) is 0.448. The smallest absolute Gasteiger partial charge is 0.329 e. The van der Waals surface area contributed by atoms with Crippen LogP contribution in [0.3, 0.4) is 0 Å². The van der Waals surface area contributed by atoms with Gasteiger partial charge >= 0.3 is 6.03 Å². The molecule has 1 aliphatic carbocycles. The number of anilines is 1. The number of nitrogens with two attached hydrogens (primary N) is 1. The van der Waals surface area contributed by atoms with Crippen molar-refractivity contribution >= 4 is 17.6 Å². The van der Waals surface area contributed by atoms with Crippen LogP contribution in [-0.2, 0) is 11.3 Å². The van der Waals surface area contributed by atoms with Crippen LogP contribution in [0.5, 0.6) is 0 Å². The van der Waals surface area contributed by atoms with Gasteiger partial charge in [-0.1, -0.05) is 31.4 Å². The van der Waals surface area contributed by atoms with Crippen molar-refractivity contribution in [3.05, 3.63) is 29.8 Å². The summed E-state index contributed by atoms with van der Waals surface area (Å²) in [6.07, 6.45) is 5.57. The standard InChI is InChI=1S/C16H21N3O2/c17-11-12-4-6-13(7-5-12)19-14(20)10-16(18-15(19)21)8-2-1-3-9-16/h4-7H,1-3,8-11,17H2,(H,18,21). The van der Waals surface area contributed by atoms with E-state index in [9.17, 15) is 9.59 Å². The fraction of sp³-hybridized carbons (Fsp3) is 0.500. The van der Waals surface area contributed by atoms with E-state index in [4.69, 9.17) is 5.73 Å². The van der Waals surface area contributed by atoms with Gasteiger partial charge in [0, 0.05) is 6.54 Å². The molecular formula is C16H21N3O2. The molecule has 0 radical (unpaired) electrons. The van der Waals surface area contributed by atoms with Crippen LogP contribution in [0.15, 0.2) is 24.3 Å². The van der Waals surface area contributed by atoms with Crippen molar-refractivity contribution in [2.75, 3.05) is 4.90 Å². The zero-order valence-corrected chi connectivity index (χ0v) is 12.1. The first kappa shape index (κ1) is 14.1. The highest BCUT2D eigenvalue weighted by atomic mass is 16.2. The molecule has 21 heavy (non-hydrogen) atoms. The van der Waals surface area contributed by atoms with Crippen molar-refractivity contribution in [3.63, 3.8) is 0 Å². The third-order valence-electron chi connectivity index (χ3n) is 4.56. The Morgan fingerprint density at radius 2 is 1.76 bits per heavy atom. The minimum Gasteiger partial charge on any atom is -0.331 e. The number of hydrogen-bond acceptors (Lipinski definition) is 3. The summed E-state index contributed by atoms with van der Waals surface area (Å²) in [5.41, 5.74) is 6.85. The molecule has 1 saturated carbocycles. The number of hydrogen-bond donors (Lipinski definition) is 2. The van der Waals surface area contributed by atoms with E-state index >= 15 is 0 Å². The number of urea groups is 1. The van der Waals surface area contributed by atoms with Crippen molar-refractivity contribution in [2.45, 2.75) is 50.6 Å². The summed E-state index contributed by atoms with van der Waals surface area (Å²) in [4.78, 5) is 26.1. The molecule has 1 heterocycles. The highest BCUT2D eigenvalue weighted by Gasteiger charge is 2.43. The van der Waals surface area contributed by atoms with Crippen LogP contribution in [0.4, 0.5) is 10.5 Å². The molecule has 5 nitrogen and oxygen atoms in total. The third-order valence-corrected chi connectivity index (χ3v) is 4.56. The molecule has 1 saturated heterocycles. The minimum atomic E-state index is -0.305. The van der Waals surface area contributed by atoms with Gasteiger partial charge in [0.2, 0.25) is 5.91 Å². The topological polar surface area (TPSA) is 75.4 Å². The molecule has 1 aliphatic heterocycles. The van der Waals surface area contributed by atoms with E-state index in [0.29, 0.717) is 18.7 Å². The van der Waals surface area contributed by atoms with E-state index in [-0.39, 0.29) is 17.5 Å². The van der Waals surface area contributed by atoms with Gasteiger partial charge in [0.05, 0.1) is 17.6 Å². The van der Waals surface area contributed by atoms with E-state index in [2.05, 4.69) is 5.32 Å². The van der Waals surface area contributed by atoms with E-state index in [1.165, 1.54) is 11.3 Å². The summed E-state index contributed by atoms with van der Waals surface area (Å²) in [7, 11) is 0. The Hall–Kier alpha value is -1.88. The molecule has 112 valence electrons. The lowest BCUT2D eigenvalue weighted by Crippen LogP contribution is -2.62. The summed E-state index contributed by atoms with van der Waals surface area (Å²) in [6, 6.07) is 6.95. The van der Waals surface area contributed by atoms with E-state index in [0.717, 1.165) is 31.2 Å². The second kappa shape index (κ2) is 5.48. The Morgan fingerprint density at radius 1 is 1.10 bits per heavy atom. The van der Waals surface area contributed by atoms with Gasteiger partial charge in [0.25, 0.3) is 0 Å². The number of carbonyl (C=O) groups is 2. The van der Waals surface area contributed by atoms with Crippen molar-refractivity contribution in [1.29, 1.82) is 0 Å². The molecule has 5 heteroatoms. The molecule has 0 atom stereocenters. The van der Waals surface area contributed by atoms with Crippen LogP contribution in [0.2, 0.25) is 0 Å². The predicted octanol–water partition coefficient (Wildman–Crippen LogP) is 2.29. The van der Waals surface area contributed by atoms with Gasteiger partial charge in [-0.05, 0) is 30.5 Å². The number of rotatable bonds is 2. The van der Waals surface area contributed by atoms with Gasteiger partial charge in [0.15, 0.2) is 0 Å². The lowest BCUT2D eigenvalue weighted by atomic mass is 9.78. The molecule has 1 spiro atoms. The van der Waals surface area contributed by atoms with Crippen molar-refractivity contribution < 1.29 is 9.59 Å². The molecule has 0 bridgehead atoms. The average Bonchev–Trinajstić information content (AvgIpc) is 2.48.